The maximum atomic E-state index is 11.8. The Morgan fingerprint density at radius 3 is 2.67 bits per heavy atom. The van der Waals surface area contributed by atoms with Crippen LogP contribution in [0.4, 0.5) is 0 Å². The molecule has 8 heteroatoms. The summed E-state index contributed by atoms with van der Waals surface area (Å²) in [6, 6.07) is 6.52. The second kappa shape index (κ2) is 9.30. The predicted molar refractivity (Wildman–Crippen MR) is 108 cm³/mol. The second-order valence-electron chi connectivity index (χ2n) is 6.75. The SMILES string of the molecule is COc1c(OCC=C(C)C[C@H]2C=C(COC(C)=O)C(=O)O2)ccc2ccc(=O)oc12. The molecule has 0 saturated heterocycles. The fourth-order valence-electron chi connectivity index (χ4n) is 3.00. The van der Waals surface area contributed by atoms with Crippen molar-refractivity contribution in [3.63, 3.8) is 0 Å². The molecule has 0 bridgehead atoms. The maximum absolute atomic E-state index is 11.8. The number of fused-ring (bicyclic) bond motifs is 1. The van der Waals surface area contributed by atoms with Crippen molar-refractivity contribution in [2.75, 3.05) is 20.3 Å². The molecule has 0 unspecified atom stereocenters. The van der Waals surface area contributed by atoms with Gasteiger partial charge in [-0.3, -0.25) is 4.79 Å². The molecule has 1 aliphatic rings. The van der Waals surface area contributed by atoms with E-state index in [9.17, 15) is 14.4 Å². The van der Waals surface area contributed by atoms with Gasteiger partial charge in [-0.25, -0.2) is 9.59 Å². The van der Waals surface area contributed by atoms with Crippen LogP contribution in [0.2, 0.25) is 0 Å². The molecule has 1 atom stereocenters. The highest BCUT2D eigenvalue weighted by Crippen LogP contribution is 2.34. The molecule has 0 amide bonds. The molecule has 2 heterocycles. The maximum Gasteiger partial charge on any atom is 0.337 e. The van der Waals surface area contributed by atoms with Crippen molar-refractivity contribution in [3.05, 3.63) is 58.0 Å². The molecule has 0 fully saturated rings. The first-order valence-electron chi connectivity index (χ1n) is 9.31. The number of esters is 2. The van der Waals surface area contributed by atoms with E-state index in [1.54, 1.807) is 24.3 Å². The first kappa shape index (κ1) is 21.2. The zero-order valence-corrected chi connectivity index (χ0v) is 16.9. The summed E-state index contributed by atoms with van der Waals surface area (Å²) in [6.07, 6.45) is 3.60. The van der Waals surface area contributed by atoms with E-state index in [4.69, 9.17) is 23.4 Å². The van der Waals surface area contributed by atoms with Crippen molar-refractivity contribution >= 4 is 22.9 Å². The number of carbonyl (C=O) groups excluding carboxylic acids is 2. The average molecular weight is 414 g/mol. The zero-order valence-electron chi connectivity index (χ0n) is 16.9. The summed E-state index contributed by atoms with van der Waals surface area (Å²) in [7, 11) is 1.48. The molecule has 0 radical (unpaired) electrons. The van der Waals surface area contributed by atoms with Gasteiger partial charge in [0.15, 0.2) is 11.3 Å². The Labute approximate surface area is 172 Å². The molecule has 0 spiro atoms. The number of rotatable bonds is 8. The van der Waals surface area contributed by atoms with Crippen molar-refractivity contribution in [2.24, 2.45) is 0 Å². The standard InChI is InChI=1S/C22H22O8/c1-13(10-17-11-16(22(25)29-17)12-28-14(2)23)8-9-27-18-6-4-15-5-7-19(24)30-20(15)21(18)26-3/h4-8,11,17H,9-10,12H2,1-3H3/t17-/m0/s1. The van der Waals surface area contributed by atoms with E-state index >= 15 is 0 Å². The number of hydrogen-bond acceptors (Lipinski definition) is 8. The van der Waals surface area contributed by atoms with Crippen molar-refractivity contribution in [3.8, 4) is 11.5 Å². The highest BCUT2D eigenvalue weighted by atomic mass is 16.6. The summed E-state index contributed by atoms with van der Waals surface area (Å²) >= 11 is 0. The van der Waals surface area contributed by atoms with Crippen LogP contribution in [0.15, 0.2) is 56.8 Å². The Morgan fingerprint density at radius 2 is 1.93 bits per heavy atom. The summed E-state index contributed by atoms with van der Waals surface area (Å²) in [5, 5.41) is 0.727. The number of carbonyl (C=O) groups is 2. The van der Waals surface area contributed by atoms with Gasteiger partial charge in [0.25, 0.3) is 0 Å². The molecule has 8 nitrogen and oxygen atoms in total. The lowest BCUT2D eigenvalue weighted by molar-refractivity contribution is -0.142. The lowest BCUT2D eigenvalue weighted by Gasteiger charge is -2.12. The summed E-state index contributed by atoms with van der Waals surface area (Å²) in [5.74, 6) is -0.144. The van der Waals surface area contributed by atoms with Crippen LogP contribution in [-0.2, 0) is 19.1 Å². The number of methoxy groups -OCH3 is 1. The molecule has 1 aromatic heterocycles. The summed E-state index contributed by atoms with van der Waals surface area (Å²) in [6.45, 7) is 3.33. The third-order valence-electron chi connectivity index (χ3n) is 4.44. The topological polar surface area (TPSA) is 101 Å². The minimum Gasteiger partial charge on any atom is -0.490 e. The van der Waals surface area contributed by atoms with Crippen LogP contribution in [0.1, 0.15) is 20.3 Å². The van der Waals surface area contributed by atoms with E-state index in [1.165, 1.54) is 20.1 Å². The lowest BCUT2D eigenvalue weighted by atomic mass is 10.1. The summed E-state index contributed by atoms with van der Waals surface area (Å²) < 4.78 is 26.5. The minimum absolute atomic E-state index is 0.0889. The third kappa shape index (κ3) is 5.08. The van der Waals surface area contributed by atoms with Crippen LogP contribution < -0.4 is 15.1 Å². The number of cyclic esters (lactones) is 1. The fourth-order valence-corrected chi connectivity index (χ4v) is 3.00. The molecule has 158 valence electrons. The van der Waals surface area contributed by atoms with Gasteiger partial charge in [0.1, 0.15) is 19.3 Å². The van der Waals surface area contributed by atoms with Gasteiger partial charge < -0.3 is 23.4 Å². The fraction of sp³-hybridized carbons (Fsp3) is 0.318. The first-order chi connectivity index (χ1) is 14.4. The van der Waals surface area contributed by atoms with Crippen LogP contribution in [0.3, 0.4) is 0 Å². The summed E-state index contributed by atoms with van der Waals surface area (Å²) in [5.41, 5.74) is 1.14. The Bertz CT molecular complexity index is 1080. The number of benzene rings is 1. The molecule has 0 saturated carbocycles. The normalized spacial score (nSPS) is 16.2. The Morgan fingerprint density at radius 1 is 1.17 bits per heavy atom. The monoisotopic (exact) mass is 414 g/mol. The van der Waals surface area contributed by atoms with Crippen molar-refractivity contribution in [2.45, 2.75) is 26.4 Å². The van der Waals surface area contributed by atoms with Crippen LogP contribution in [0.25, 0.3) is 11.0 Å². The molecular formula is C22H22O8. The van der Waals surface area contributed by atoms with Gasteiger partial charge in [0.05, 0.1) is 12.7 Å². The molecule has 1 aromatic carbocycles. The van der Waals surface area contributed by atoms with Crippen LogP contribution in [0.5, 0.6) is 11.5 Å². The third-order valence-corrected chi connectivity index (χ3v) is 4.44. The van der Waals surface area contributed by atoms with E-state index in [0.29, 0.717) is 29.1 Å². The number of ether oxygens (including phenoxy) is 4. The van der Waals surface area contributed by atoms with Crippen molar-refractivity contribution in [1.29, 1.82) is 0 Å². The predicted octanol–water partition coefficient (Wildman–Crippen LogP) is 2.93. The van der Waals surface area contributed by atoms with Gasteiger partial charge in [-0.15, -0.1) is 0 Å². The van der Waals surface area contributed by atoms with Gasteiger partial charge in [-0.2, -0.15) is 0 Å². The molecule has 0 aliphatic carbocycles. The van der Waals surface area contributed by atoms with E-state index in [-0.39, 0.29) is 13.2 Å². The van der Waals surface area contributed by atoms with Gasteiger partial charge >= 0.3 is 17.6 Å². The molecular weight excluding hydrogens is 392 g/mol. The van der Waals surface area contributed by atoms with E-state index in [0.717, 1.165) is 11.0 Å². The van der Waals surface area contributed by atoms with E-state index in [1.807, 2.05) is 13.0 Å². The highest BCUT2D eigenvalue weighted by molar-refractivity contribution is 5.91. The van der Waals surface area contributed by atoms with Crippen molar-refractivity contribution in [1.82, 2.24) is 0 Å². The average Bonchev–Trinajstić information content (AvgIpc) is 3.04. The molecule has 30 heavy (non-hydrogen) atoms. The summed E-state index contributed by atoms with van der Waals surface area (Å²) in [4.78, 5) is 34.2. The van der Waals surface area contributed by atoms with Crippen LogP contribution in [0, 0.1) is 0 Å². The van der Waals surface area contributed by atoms with Crippen LogP contribution in [-0.4, -0.2) is 38.4 Å². The smallest absolute Gasteiger partial charge is 0.337 e. The zero-order chi connectivity index (χ0) is 21.7. The highest BCUT2D eigenvalue weighted by Gasteiger charge is 2.26. The second-order valence-corrected chi connectivity index (χ2v) is 6.75. The molecule has 2 aromatic rings. The molecule has 3 rings (SSSR count). The first-order valence-corrected chi connectivity index (χ1v) is 9.31. The minimum atomic E-state index is -0.479. The molecule has 0 N–H and O–H groups in total. The van der Waals surface area contributed by atoms with Gasteiger partial charge in [0, 0.05) is 24.8 Å². The molecule has 1 aliphatic heterocycles. The van der Waals surface area contributed by atoms with E-state index < -0.39 is 23.7 Å². The largest absolute Gasteiger partial charge is 0.490 e. The van der Waals surface area contributed by atoms with Crippen LogP contribution >= 0.6 is 0 Å². The number of hydrogen-bond donors (Lipinski definition) is 0. The van der Waals surface area contributed by atoms with Gasteiger partial charge in [-0.1, -0.05) is 5.57 Å². The van der Waals surface area contributed by atoms with Gasteiger partial charge in [-0.05, 0) is 37.3 Å². The quantitative estimate of drug-likeness (QED) is 0.369. The van der Waals surface area contributed by atoms with Crippen molar-refractivity contribution < 1.29 is 33.0 Å². The Hall–Kier alpha value is -3.55. The van der Waals surface area contributed by atoms with E-state index in [2.05, 4.69) is 0 Å². The lowest BCUT2D eigenvalue weighted by Crippen LogP contribution is -2.11. The van der Waals surface area contributed by atoms with Gasteiger partial charge in [0.2, 0.25) is 5.75 Å². The Kier molecular flexibility index (Phi) is 6.56. The Balaban J connectivity index is 1.62.